The highest BCUT2D eigenvalue weighted by Gasteiger charge is 2.09. The Kier molecular flexibility index (Phi) is 3.24. The van der Waals surface area contributed by atoms with E-state index in [0.29, 0.717) is 0 Å². The van der Waals surface area contributed by atoms with Gasteiger partial charge >= 0.3 is 0 Å². The summed E-state index contributed by atoms with van der Waals surface area (Å²) in [7, 11) is -3.65. The van der Waals surface area contributed by atoms with Crippen LogP contribution in [0.15, 0.2) is 47.4 Å². The Balaban J connectivity index is 2.55. The molecule has 0 saturated heterocycles. The molecule has 2 rings (SSSR count). The highest BCUT2D eigenvalue weighted by atomic mass is 32.2. The number of hydrogen-bond donors (Lipinski definition) is 1. The summed E-state index contributed by atoms with van der Waals surface area (Å²) in [6, 6.07) is 12.7. The van der Waals surface area contributed by atoms with Crippen LogP contribution in [-0.4, -0.2) is 8.42 Å². The summed E-state index contributed by atoms with van der Waals surface area (Å²) in [6.07, 6.45) is 0. The predicted molar refractivity (Wildman–Crippen MR) is 72.7 cm³/mol. The van der Waals surface area contributed by atoms with Gasteiger partial charge in [0.15, 0.2) is 0 Å². The van der Waals surface area contributed by atoms with Crippen LogP contribution in [0.4, 0.5) is 0 Å². The van der Waals surface area contributed by atoms with Crippen LogP contribution in [0.5, 0.6) is 0 Å². The molecule has 0 heterocycles. The number of aryl methyl sites for hydroxylation is 2. The van der Waals surface area contributed by atoms with Crippen molar-refractivity contribution in [3.63, 3.8) is 0 Å². The molecule has 2 aromatic rings. The lowest BCUT2D eigenvalue weighted by Gasteiger charge is -2.07. The maximum Gasteiger partial charge on any atom is 0.238 e. The van der Waals surface area contributed by atoms with Gasteiger partial charge in [-0.25, -0.2) is 13.6 Å². The van der Waals surface area contributed by atoms with Crippen LogP contribution in [0.25, 0.3) is 11.1 Å². The van der Waals surface area contributed by atoms with Gasteiger partial charge in [-0.2, -0.15) is 0 Å². The highest BCUT2D eigenvalue weighted by molar-refractivity contribution is 7.89. The fourth-order valence-corrected chi connectivity index (χ4v) is 2.33. The molecule has 3 nitrogen and oxygen atoms in total. The maximum absolute atomic E-state index is 11.3. The van der Waals surface area contributed by atoms with E-state index in [-0.39, 0.29) is 4.90 Å². The van der Waals surface area contributed by atoms with Crippen LogP contribution < -0.4 is 5.14 Å². The van der Waals surface area contributed by atoms with E-state index >= 15 is 0 Å². The predicted octanol–water partition coefficient (Wildman–Crippen LogP) is 2.62. The zero-order chi connectivity index (χ0) is 13.3. The second kappa shape index (κ2) is 4.55. The molecule has 0 aromatic heterocycles. The second-order valence-electron chi connectivity index (χ2n) is 4.37. The second-order valence-corrected chi connectivity index (χ2v) is 5.93. The number of rotatable bonds is 2. The summed E-state index contributed by atoms with van der Waals surface area (Å²) in [6.45, 7) is 4.07. The summed E-state index contributed by atoms with van der Waals surface area (Å²) in [5.41, 5.74) is 4.23. The van der Waals surface area contributed by atoms with Gasteiger partial charge in [-0.15, -0.1) is 0 Å². The summed E-state index contributed by atoms with van der Waals surface area (Å²) >= 11 is 0. The quantitative estimate of drug-likeness (QED) is 0.903. The fourth-order valence-electron chi connectivity index (χ4n) is 1.77. The average Bonchev–Trinajstić information content (AvgIpc) is 2.32. The molecule has 2 aromatic carbocycles. The molecule has 0 aliphatic heterocycles. The Hall–Kier alpha value is -1.65. The number of primary sulfonamides is 1. The summed E-state index contributed by atoms with van der Waals surface area (Å²) in [5, 5.41) is 5.13. The van der Waals surface area contributed by atoms with Crippen LogP contribution in [0.1, 0.15) is 11.1 Å². The Morgan fingerprint density at radius 2 is 1.56 bits per heavy atom. The lowest BCUT2D eigenvalue weighted by molar-refractivity contribution is 0.598. The van der Waals surface area contributed by atoms with Crippen molar-refractivity contribution in [3.05, 3.63) is 53.6 Å². The highest BCUT2D eigenvalue weighted by Crippen LogP contribution is 2.24. The number of sulfonamides is 1. The Morgan fingerprint density at radius 1 is 0.889 bits per heavy atom. The van der Waals surface area contributed by atoms with Crippen molar-refractivity contribution in [2.75, 3.05) is 0 Å². The minimum absolute atomic E-state index is 0.137. The molecule has 18 heavy (non-hydrogen) atoms. The van der Waals surface area contributed by atoms with Crippen LogP contribution in [0.2, 0.25) is 0 Å². The molecular formula is C14H15NO2S. The topological polar surface area (TPSA) is 60.2 Å². The van der Waals surface area contributed by atoms with Crippen molar-refractivity contribution in [1.82, 2.24) is 0 Å². The van der Waals surface area contributed by atoms with Crippen molar-refractivity contribution in [1.29, 1.82) is 0 Å². The van der Waals surface area contributed by atoms with Gasteiger partial charge < -0.3 is 0 Å². The third-order valence-electron chi connectivity index (χ3n) is 3.00. The Bertz CT molecular complexity index is 691. The molecule has 0 unspecified atom stereocenters. The van der Waals surface area contributed by atoms with E-state index in [1.54, 1.807) is 12.1 Å². The first kappa shape index (κ1) is 12.8. The van der Waals surface area contributed by atoms with Gasteiger partial charge in [-0.3, -0.25) is 0 Å². The Morgan fingerprint density at radius 3 is 2.17 bits per heavy atom. The van der Waals surface area contributed by atoms with E-state index in [1.807, 2.05) is 38.1 Å². The molecule has 94 valence electrons. The first-order valence-electron chi connectivity index (χ1n) is 5.58. The zero-order valence-electron chi connectivity index (χ0n) is 10.3. The van der Waals surface area contributed by atoms with E-state index in [4.69, 9.17) is 5.14 Å². The number of hydrogen-bond acceptors (Lipinski definition) is 2. The normalized spacial score (nSPS) is 11.5. The van der Waals surface area contributed by atoms with Gasteiger partial charge in [0.2, 0.25) is 10.0 Å². The van der Waals surface area contributed by atoms with Crippen molar-refractivity contribution >= 4 is 10.0 Å². The largest absolute Gasteiger partial charge is 0.238 e. The standard InChI is InChI=1S/C14H15NO2S/c1-10-6-7-13(8-11(10)2)12-4-3-5-14(9-12)18(15,16)17/h3-9H,1-2H3,(H2,15,16,17). The van der Waals surface area contributed by atoms with Gasteiger partial charge in [-0.1, -0.05) is 30.3 Å². The van der Waals surface area contributed by atoms with Crippen LogP contribution in [0.3, 0.4) is 0 Å². The smallest absolute Gasteiger partial charge is 0.225 e. The molecule has 2 N–H and O–H groups in total. The number of benzene rings is 2. The van der Waals surface area contributed by atoms with Crippen molar-refractivity contribution in [2.45, 2.75) is 18.7 Å². The van der Waals surface area contributed by atoms with Gasteiger partial charge in [0.05, 0.1) is 4.90 Å². The average molecular weight is 261 g/mol. The lowest BCUT2D eigenvalue weighted by Crippen LogP contribution is -2.11. The molecule has 0 atom stereocenters. The van der Waals surface area contributed by atoms with Crippen LogP contribution in [0, 0.1) is 13.8 Å². The molecule has 0 fully saturated rings. The third-order valence-corrected chi connectivity index (χ3v) is 3.91. The molecule has 0 bridgehead atoms. The molecule has 0 saturated carbocycles. The van der Waals surface area contributed by atoms with Gasteiger partial charge in [-0.05, 0) is 48.2 Å². The van der Waals surface area contributed by atoms with Crippen molar-refractivity contribution in [3.8, 4) is 11.1 Å². The monoisotopic (exact) mass is 261 g/mol. The lowest BCUT2D eigenvalue weighted by atomic mass is 10.0. The SMILES string of the molecule is Cc1ccc(-c2cccc(S(N)(=O)=O)c2)cc1C. The fraction of sp³-hybridized carbons (Fsp3) is 0.143. The maximum atomic E-state index is 11.3. The molecule has 0 aliphatic carbocycles. The van der Waals surface area contributed by atoms with Gasteiger partial charge in [0, 0.05) is 0 Å². The first-order valence-corrected chi connectivity index (χ1v) is 7.13. The minimum Gasteiger partial charge on any atom is -0.225 e. The zero-order valence-corrected chi connectivity index (χ0v) is 11.2. The molecular weight excluding hydrogens is 246 g/mol. The summed E-state index contributed by atoms with van der Waals surface area (Å²) in [4.78, 5) is 0.137. The number of nitrogens with two attached hydrogens (primary N) is 1. The van der Waals surface area contributed by atoms with E-state index < -0.39 is 10.0 Å². The van der Waals surface area contributed by atoms with E-state index in [2.05, 4.69) is 0 Å². The van der Waals surface area contributed by atoms with Crippen molar-refractivity contribution in [2.24, 2.45) is 5.14 Å². The van der Waals surface area contributed by atoms with Crippen molar-refractivity contribution < 1.29 is 8.42 Å². The molecule has 0 amide bonds. The molecule has 0 spiro atoms. The minimum atomic E-state index is -3.65. The Labute approximate surface area is 107 Å². The van der Waals surface area contributed by atoms with Gasteiger partial charge in [0.25, 0.3) is 0 Å². The molecule has 0 aliphatic rings. The first-order chi connectivity index (χ1) is 8.38. The van der Waals surface area contributed by atoms with E-state index in [0.717, 1.165) is 11.1 Å². The summed E-state index contributed by atoms with van der Waals surface area (Å²) < 4.78 is 22.6. The summed E-state index contributed by atoms with van der Waals surface area (Å²) in [5.74, 6) is 0. The van der Waals surface area contributed by atoms with E-state index in [1.165, 1.54) is 17.2 Å². The third kappa shape index (κ3) is 2.60. The van der Waals surface area contributed by atoms with E-state index in [9.17, 15) is 8.42 Å². The van der Waals surface area contributed by atoms with Crippen LogP contribution >= 0.6 is 0 Å². The molecule has 4 heteroatoms. The van der Waals surface area contributed by atoms with Gasteiger partial charge in [0.1, 0.15) is 0 Å². The molecule has 0 radical (unpaired) electrons. The van der Waals surface area contributed by atoms with Crippen LogP contribution in [-0.2, 0) is 10.0 Å².